The summed E-state index contributed by atoms with van der Waals surface area (Å²) in [6.07, 6.45) is 1.82. The van der Waals surface area contributed by atoms with Crippen LogP contribution in [0.4, 0.5) is 0 Å². The third-order valence-corrected chi connectivity index (χ3v) is 2.56. The standard InChI is InChI=1S/C13H10N2O/c16-13-11-8-4-5-9-15(11)14-12(13)10-6-2-1-3-7-10/h1-9,16H. The van der Waals surface area contributed by atoms with Crippen molar-refractivity contribution >= 4 is 5.52 Å². The molecule has 1 aromatic carbocycles. The molecule has 0 aliphatic carbocycles. The van der Waals surface area contributed by atoms with Crippen LogP contribution in [0.25, 0.3) is 16.8 Å². The predicted octanol–water partition coefficient (Wildman–Crippen LogP) is 2.71. The number of hydrogen-bond donors (Lipinski definition) is 1. The first-order chi connectivity index (χ1) is 7.86. The number of hydrogen-bond acceptors (Lipinski definition) is 2. The summed E-state index contributed by atoms with van der Waals surface area (Å²) in [6.45, 7) is 0. The van der Waals surface area contributed by atoms with E-state index in [0.29, 0.717) is 5.69 Å². The Hall–Kier alpha value is -2.29. The van der Waals surface area contributed by atoms with Crippen LogP contribution in [-0.4, -0.2) is 14.7 Å². The number of benzene rings is 1. The Morgan fingerprint density at radius 1 is 0.938 bits per heavy atom. The van der Waals surface area contributed by atoms with Gasteiger partial charge in [0.05, 0.1) is 0 Å². The molecule has 2 heterocycles. The molecule has 0 spiro atoms. The highest BCUT2D eigenvalue weighted by Gasteiger charge is 2.11. The van der Waals surface area contributed by atoms with Gasteiger partial charge in [-0.25, -0.2) is 4.52 Å². The molecule has 78 valence electrons. The highest BCUT2D eigenvalue weighted by atomic mass is 16.3. The van der Waals surface area contributed by atoms with Crippen LogP contribution in [0, 0.1) is 0 Å². The fourth-order valence-electron chi connectivity index (χ4n) is 1.78. The minimum absolute atomic E-state index is 0.229. The lowest BCUT2D eigenvalue weighted by Gasteiger charge is -1.95. The van der Waals surface area contributed by atoms with E-state index in [9.17, 15) is 5.11 Å². The molecular weight excluding hydrogens is 200 g/mol. The zero-order chi connectivity index (χ0) is 11.0. The maximum absolute atomic E-state index is 10.1. The fourth-order valence-corrected chi connectivity index (χ4v) is 1.78. The van der Waals surface area contributed by atoms with Crippen molar-refractivity contribution in [2.75, 3.05) is 0 Å². The van der Waals surface area contributed by atoms with Crippen molar-refractivity contribution in [2.45, 2.75) is 0 Å². The van der Waals surface area contributed by atoms with Gasteiger partial charge in [-0.15, -0.1) is 0 Å². The fraction of sp³-hybridized carbons (Fsp3) is 0. The molecule has 0 saturated carbocycles. The first-order valence-electron chi connectivity index (χ1n) is 5.08. The van der Waals surface area contributed by atoms with Gasteiger partial charge >= 0.3 is 0 Å². The molecular formula is C13H10N2O. The van der Waals surface area contributed by atoms with Crippen LogP contribution in [0.2, 0.25) is 0 Å². The van der Waals surface area contributed by atoms with E-state index in [0.717, 1.165) is 11.1 Å². The predicted molar refractivity (Wildman–Crippen MR) is 62.3 cm³/mol. The first-order valence-corrected chi connectivity index (χ1v) is 5.08. The molecule has 0 aliphatic heterocycles. The highest BCUT2D eigenvalue weighted by molar-refractivity contribution is 5.76. The number of pyridine rings is 1. The van der Waals surface area contributed by atoms with Crippen LogP contribution in [-0.2, 0) is 0 Å². The summed E-state index contributed by atoms with van der Waals surface area (Å²) >= 11 is 0. The summed E-state index contributed by atoms with van der Waals surface area (Å²) in [5.41, 5.74) is 2.26. The van der Waals surface area contributed by atoms with Gasteiger partial charge in [0.25, 0.3) is 0 Å². The number of rotatable bonds is 1. The monoisotopic (exact) mass is 210 g/mol. The molecule has 1 N–H and O–H groups in total. The molecule has 3 heteroatoms. The Balaban J connectivity index is 2.29. The minimum atomic E-state index is 0.229. The summed E-state index contributed by atoms with van der Waals surface area (Å²) in [6, 6.07) is 15.3. The van der Waals surface area contributed by atoms with Gasteiger partial charge in [-0.05, 0) is 12.1 Å². The second kappa shape index (κ2) is 3.38. The quantitative estimate of drug-likeness (QED) is 0.670. The second-order valence-electron chi connectivity index (χ2n) is 3.59. The summed E-state index contributed by atoms with van der Waals surface area (Å²) in [4.78, 5) is 0. The van der Waals surface area contributed by atoms with Gasteiger partial charge in [0, 0.05) is 11.8 Å². The number of aromatic hydroxyl groups is 1. The molecule has 3 nitrogen and oxygen atoms in total. The van der Waals surface area contributed by atoms with Gasteiger partial charge in [0.15, 0.2) is 5.75 Å². The Bertz CT molecular complexity index is 629. The maximum atomic E-state index is 10.1. The smallest absolute Gasteiger partial charge is 0.169 e. The van der Waals surface area contributed by atoms with Crippen molar-refractivity contribution in [2.24, 2.45) is 0 Å². The van der Waals surface area contributed by atoms with E-state index in [2.05, 4.69) is 5.10 Å². The average Bonchev–Trinajstić information content (AvgIpc) is 2.69. The Kier molecular flexibility index (Phi) is 1.90. The highest BCUT2D eigenvalue weighted by Crippen LogP contribution is 2.31. The van der Waals surface area contributed by atoms with Crippen molar-refractivity contribution in [3.8, 4) is 17.0 Å². The minimum Gasteiger partial charge on any atom is -0.504 e. The van der Waals surface area contributed by atoms with E-state index >= 15 is 0 Å². The van der Waals surface area contributed by atoms with Crippen LogP contribution in [0.3, 0.4) is 0 Å². The molecule has 0 aliphatic rings. The second-order valence-corrected chi connectivity index (χ2v) is 3.59. The lowest BCUT2D eigenvalue weighted by atomic mass is 10.1. The zero-order valence-corrected chi connectivity index (χ0v) is 8.54. The van der Waals surface area contributed by atoms with E-state index in [1.165, 1.54) is 0 Å². The first kappa shape index (κ1) is 8.97. The summed E-state index contributed by atoms with van der Waals surface area (Å²) in [5, 5.41) is 14.4. The van der Waals surface area contributed by atoms with E-state index in [4.69, 9.17) is 0 Å². The summed E-state index contributed by atoms with van der Waals surface area (Å²) in [5.74, 6) is 0.229. The van der Waals surface area contributed by atoms with Crippen molar-refractivity contribution in [3.63, 3.8) is 0 Å². The van der Waals surface area contributed by atoms with Gasteiger partial charge in [-0.2, -0.15) is 5.10 Å². The molecule has 3 aromatic rings. The Morgan fingerprint density at radius 3 is 2.44 bits per heavy atom. The van der Waals surface area contributed by atoms with Crippen molar-refractivity contribution in [3.05, 3.63) is 54.7 Å². The SMILES string of the molecule is Oc1c(-c2ccccc2)nn2ccccc12. The van der Waals surface area contributed by atoms with Crippen LogP contribution >= 0.6 is 0 Å². The van der Waals surface area contributed by atoms with Crippen molar-refractivity contribution in [1.29, 1.82) is 0 Å². The lowest BCUT2D eigenvalue weighted by Crippen LogP contribution is -1.84. The summed E-state index contributed by atoms with van der Waals surface area (Å²) in [7, 11) is 0. The largest absolute Gasteiger partial charge is 0.504 e. The topological polar surface area (TPSA) is 37.5 Å². The van der Waals surface area contributed by atoms with Crippen LogP contribution in [0.15, 0.2) is 54.7 Å². The molecule has 0 atom stereocenters. The molecule has 0 bridgehead atoms. The van der Waals surface area contributed by atoms with Gasteiger partial charge < -0.3 is 5.11 Å². The molecule has 2 aromatic heterocycles. The normalized spacial score (nSPS) is 10.8. The van der Waals surface area contributed by atoms with E-state index in [1.54, 1.807) is 4.52 Å². The molecule has 0 saturated heterocycles. The van der Waals surface area contributed by atoms with Crippen LogP contribution < -0.4 is 0 Å². The molecule has 0 unspecified atom stereocenters. The maximum Gasteiger partial charge on any atom is 0.169 e. The zero-order valence-electron chi connectivity index (χ0n) is 8.54. The van der Waals surface area contributed by atoms with Gasteiger partial charge in [0.2, 0.25) is 0 Å². The lowest BCUT2D eigenvalue weighted by molar-refractivity contribution is 0.483. The van der Waals surface area contributed by atoms with E-state index < -0.39 is 0 Å². The van der Waals surface area contributed by atoms with Crippen molar-refractivity contribution < 1.29 is 5.11 Å². The molecule has 0 amide bonds. The third-order valence-electron chi connectivity index (χ3n) is 2.56. The number of nitrogens with zero attached hydrogens (tertiary/aromatic N) is 2. The Morgan fingerprint density at radius 2 is 1.69 bits per heavy atom. The number of fused-ring (bicyclic) bond motifs is 1. The Labute approximate surface area is 92.6 Å². The molecule has 16 heavy (non-hydrogen) atoms. The number of aromatic nitrogens is 2. The van der Waals surface area contributed by atoms with Crippen LogP contribution in [0.5, 0.6) is 5.75 Å². The molecule has 0 radical (unpaired) electrons. The summed E-state index contributed by atoms with van der Waals surface area (Å²) < 4.78 is 1.68. The molecule has 3 rings (SSSR count). The molecule has 0 fully saturated rings. The van der Waals surface area contributed by atoms with Gasteiger partial charge in [-0.1, -0.05) is 36.4 Å². The van der Waals surface area contributed by atoms with E-state index in [1.807, 2.05) is 54.7 Å². The van der Waals surface area contributed by atoms with Gasteiger partial charge in [0.1, 0.15) is 11.2 Å². The third kappa shape index (κ3) is 1.26. The van der Waals surface area contributed by atoms with Crippen LogP contribution in [0.1, 0.15) is 0 Å². The van der Waals surface area contributed by atoms with Gasteiger partial charge in [-0.3, -0.25) is 0 Å². The van der Waals surface area contributed by atoms with E-state index in [-0.39, 0.29) is 5.75 Å². The van der Waals surface area contributed by atoms with Crippen molar-refractivity contribution in [1.82, 2.24) is 9.61 Å². The average molecular weight is 210 g/mol.